The highest BCUT2D eigenvalue weighted by Crippen LogP contribution is 2.37. The van der Waals surface area contributed by atoms with Gasteiger partial charge in [0.1, 0.15) is 5.75 Å². The zero-order valence-corrected chi connectivity index (χ0v) is 9.69. The Hall–Kier alpha value is -2.08. The lowest BCUT2D eigenvalue weighted by Gasteiger charge is -2.42. The van der Waals surface area contributed by atoms with E-state index in [9.17, 15) is 9.59 Å². The van der Waals surface area contributed by atoms with Crippen LogP contribution in [-0.4, -0.2) is 37.8 Å². The minimum atomic E-state index is -0.903. The largest absolute Gasteiger partial charge is 0.470 e. The van der Waals surface area contributed by atoms with Crippen LogP contribution in [0, 0.1) is 0 Å². The zero-order valence-electron chi connectivity index (χ0n) is 9.69. The molecule has 2 aliphatic rings. The number of carbonyl (C=O) groups is 2. The second-order valence-corrected chi connectivity index (χ2v) is 4.25. The average Bonchev–Trinajstić information content (AvgIpc) is 2.34. The zero-order chi connectivity index (χ0) is 12.8. The molecule has 1 aromatic rings. The van der Waals surface area contributed by atoms with Crippen LogP contribution in [0.15, 0.2) is 18.2 Å². The van der Waals surface area contributed by atoms with Crippen molar-refractivity contribution in [2.45, 2.75) is 5.60 Å². The molecule has 18 heavy (non-hydrogen) atoms. The molecule has 1 spiro atoms. The molecule has 0 atom stereocenters. The average molecular weight is 249 g/mol. The summed E-state index contributed by atoms with van der Waals surface area (Å²) in [6.07, 6.45) is 0. The molecule has 0 saturated carbocycles. The molecule has 94 valence electrons. The Morgan fingerprint density at radius 3 is 2.83 bits per heavy atom. The summed E-state index contributed by atoms with van der Waals surface area (Å²) in [5.41, 5.74) is -0.0684. The number of amides is 1. The molecule has 1 N–H and O–H groups in total. The summed E-state index contributed by atoms with van der Waals surface area (Å²) in [7, 11) is 1.30. The maximum atomic E-state index is 11.9. The van der Waals surface area contributed by atoms with Gasteiger partial charge >= 0.3 is 5.97 Å². The fourth-order valence-corrected chi connectivity index (χ4v) is 1.93. The molecular formula is C12H11NO5. The number of methoxy groups -OCH3 is 1. The lowest BCUT2D eigenvalue weighted by Crippen LogP contribution is -2.64. The maximum Gasteiger partial charge on any atom is 0.337 e. The predicted octanol–water partition coefficient (Wildman–Crippen LogP) is 0.573. The number of anilines is 1. The van der Waals surface area contributed by atoms with E-state index in [0.717, 1.165) is 0 Å². The smallest absolute Gasteiger partial charge is 0.337 e. The van der Waals surface area contributed by atoms with Gasteiger partial charge < -0.3 is 19.5 Å². The van der Waals surface area contributed by atoms with Gasteiger partial charge in [-0.3, -0.25) is 4.79 Å². The van der Waals surface area contributed by atoms with Crippen LogP contribution in [0.3, 0.4) is 0 Å². The van der Waals surface area contributed by atoms with E-state index in [1.54, 1.807) is 12.1 Å². The van der Waals surface area contributed by atoms with E-state index in [4.69, 9.17) is 9.47 Å². The Kier molecular flexibility index (Phi) is 2.27. The van der Waals surface area contributed by atoms with Crippen molar-refractivity contribution >= 4 is 17.6 Å². The summed E-state index contributed by atoms with van der Waals surface area (Å²) < 4.78 is 15.3. The van der Waals surface area contributed by atoms with E-state index in [1.807, 2.05) is 0 Å². The van der Waals surface area contributed by atoms with Crippen molar-refractivity contribution in [2.24, 2.45) is 0 Å². The van der Waals surface area contributed by atoms with Crippen molar-refractivity contribution in [3.05, 3.63) is 23.8 Å². The molecule has 3 rings (SSSR count). The third-order valence-corrected chi connectivity index (χ3v) is 3.04. The van der Waals surface area contributed by atoms with Crippen molar-refractivity contribution in [1.82, 2.24) is 0 Å². The van der Waals surface area contributed by atoms with E-state index in [0.29, 0.717) is 17.0 Å². The number of rotatable bonds is 1. The van der Waals surface area contributed by atoms with Gasteiger partial charge in [-0.25, -0.2) is 4.79 Å². The summed E-state index contributed by atoms with van der Waals surface area (Å²) in [5.74, 6) is -0.173. The van der Waals surface area contributed by atoms with E-state index in [2.05, 4.69) is 10.1 Å². The normalized spacial score (nSPS) is 19.3. The Morgan fingerprint density at radius 1 is 1.44 bits per heavy atom. The van der Waals surface area contributed by atoms with Gasteiger partial charge in [0.2, 0.25) is 5.60 Å². The molecule has 0 radical (unpaired) electrons. The molecule has 0 unspecified atom stereocenters. The Labute approximate surface area is 103 Å². The highest BCUT2D eigenvalue weighted by Gasteiger charge is 2.51. The molecule has 2 aliphatic heterocycles. The van der Waals surface area contributed by atoms with Crippen molar-refractivity contribution in [3.63, 3.8) is 0 Å². The van der Waals surface area contributed by atoms with Crippen molar-refractivity contribution in [1.29, 1.82) is 0 Å². The van der Waals surface area contributed by atoms with E-state index < -0.39 is 11.6 Å². The van der Waals surface area contributed by atoms with Crippen molar-refractivity contribution < 1.29 is 23.8 Å². The Balaban J connectivity index is 1.95. The number of carbonyl (C=O) groups excluding carboxylic acids is 2. The molecule has 1 amide bonds. The molecule has 6 heteroatoms. The second-order valence-electron chi connectivity index (χ2n) is 4.25. The summed E-state index contributed by atoms with van der Waals surface area (Å²) in [6.45, 7) is 0.494. The van der Waals surface area contributed by atoms with Crippen LogP contribution >= 0.6 is 0 Å². The van der Waals surface area contributed by atoms with Crippen LogP contribution < -0.4 is 10.1 Å². The van der Waals surface area contributed by atoms with Gasteiger partial charge in [-0.2, -0.15) is 0 Å². The van der Waals surface area contributed by atoms with Gasteiger partial charge in [-0.15, -0.1) is 0 Å². The topological polar surface area (TPSA) is 73.9 Å². The predicted molar refractivity (Wildman–Crippen MR) is 60.6 cm³/mol. The number of ether oxygens (including phenoxy) is 3. The number of hydrogen-bond donors (Lipinski definition) is 1. The molecule has 2 heterocycles. The van der Waals surface area contributed by atoms with E-state index in [-0.39, 0.29) is 19.1 Å². The van der Waals surface area contributed by atoms with Crippen LogP contribution in [0.1, 0.15) is 10.4 Å². The number of fused-ring (bicyclic) bond motifs is 1. The first kappa shape index (κ1) is 11.0. The summed E-state index contributed by atoms with van der Waals surface area (Å²) in [4.78, 5) is 23.3. The van der Waals surface area contributed by atoms with Crippen molar-refractivity contribution in [3.8, 4) is 5.75 Å². The SMILES string of the molecule is COC(=O)c1ccc2c(c1)NC(=O)C1(COC1)O2. The fraction of sp³-hybridized carbons (Fsp3) is 0.333. The monoisotopic (exact) mass is 249 g/mol. The van der Waals surface area contributed by atoms with Crippen LogP contribution in [0.4, 0.5) is 5.69 Å². The third kappa shape index (κ3) is 1.46. The molecule has 1 saturated heterocycles. The van der Waals surface area contributed by atoms with E-state index in [1.165, 1.54) is 13.2 Å². The molecule has 0 bridgehead atoms. The van der Waals surface area contributed by atoms with Crippen LogP contribution in [-0.2, 0) is 14.3 Å². The number of hydrogen-bond acceptors (Lipinski definition) is 5. The van der Waals surface area contributed by atoms with Gasteiger partial charge in [-0.1, -0.05) is 0 Å². The highest BCUT2D eigenvalue weighted by molar-refractivity contribution is 6.03. The molecule has 1 fully saturated rings. The first-order chi connectivity index (χ1) is 8.64. The Morgan fingerprint density at radius 2 is 2.22 bits per heavy atom. The lowest BCUT2D eigenvalue weighted by molar-refractivity contribution is -0.178. The maximum absolute atomic E-state index is 11.9. The lowest BCUT2D eigenvalue weighted by atomic mass is 9.98. The molecule has 0 aromatic heterocycles. The number of esters is 1. The van der Waals surface area contributed by atoms with Crippen molar-refractivity contribution in [2.75, 3.05) is 25.6 Å². The van der Waals surface area contributed by atoms with Gasteiger partial charge in [0.15, 0.2) is 0 Å². The summed E-state index contributed by atoms with van der Waals surface area (Å²) in [5, 5.41) is 2.72. The minimum absolute atomic E-state index is 0.247. The number of nitrogens with one attached hydrogen (secondary N) is 1. The highest BCUT2D eigenvalue weighted by atomic mass is 16.6. The van der Waals surface area contributed by atoms with E-state index >= 15 is 0 Å². The fourth-order valence-electron chi connectivity index (χ4n) is 1.93. The first-order valence-corrected chi connectivity index (χ1v) is 5.45. The van der Waals surface area contributed by atoms with Gasteiger partial charge in [0, 0.05) is 0 Å². The van der Waals surface area contributed by atoms with Gasteiger partial charge in [0.25, 0.3) is 5.91 Å². The first-order valence-electron chi connectivity index (χ1n) is 5.45. The van der Waals surface area contributed by atoms with Gasteiger partial charge in [-0.05, 0) is 18.2 Å². The molecule has 0 aliphatic carbocycles. The molecule has 1 aromatic carbocycles. The quantitative estimate of drug-likeness (QED) is 0.737. The summed E-state index contributed by atoms with van der Waals surface area (Å²) >= 11 is 0. The standard InChI is InChI=1S/C12H11NO5/c1-16-10(14)7-2-3-9-8(4-7)13-11(15)12(18-9)5-17-6-12/h2-4H,5-6H2,1H3,(H,13,15). The Bertz CT molecular complexity index is 535. The molecular weight excluding hydrogens is 238 g/mol. The van der Waals surface area contributed by atoms with Gasteiger partial charge in [0.05, 0.1) is 31.6 Å². The van der Waals surface area contributed by atoms with Crippen LogP contribution in [0.25, 0.3) is 0 Å². The minimum Gasteiger partial charge on any atom is -0.470 e. The van der Waals surface area contributed by atoms with Crippen LogP contribution in [0.5, 0.6) is 5.75 Å². The van der Waals surface area contributed by atoms with Crippen LogP contribution in [0.2, 0.25) is 0 Å². The number of benzene rings is 1. The second kappa shape index (κ2) is 3.71. The molecule has 6 nitrogen and oxygen atoms in total. The third-order valence-electron chi connectivity index (χ3n) is 3.04. The summed E-state index contributed by atoms with van der Waals surface area (Å²) in [6, 6.07) is 4.77.